The molecule has 0 aliphatic heterocycles. The standard InChI is InChI=1S/C14H26N2OSi/c1-18(2,3)17-16-12-14-9-7-5-4-6-8-13(10-14)11-15/h12-14H,4-10H2,1-3H3/b16-12+. The second kappa shape index (κ2) is 7.58. The highest BCUT2D eigenvalue weighted by Crippen LogP contribution is 2.25. The SMILES string of the molecule is C[Si](C)(C)O/N=C/C1CCCCCCC(C#N)C1. The van der Waals surface area contributed by atoms with Gasteiger partial charge in [-0.05, 0) is 44.8 Å². The van der Waals surface area contributed by atoms with Gasteiger partial charge >= 0.3 is 0 Å². The molecule has 1 rings (SSSR count). The van der Waals surface area contributed by atoms with Crippen molar-refractivity contribution in [2.75, 3.05) is 0 Å². The predicted molar refractivity (Wildman–Crippen MR) is 77.8 cm³/mol. The summed E-state index contributed by atoms with van der Waals surface area (Å²) in [7, 11) is -1.56. The second-order valence-electron chi connectivity index (χ2n) is 6.27. The Hall–Kier alpha value is -0.823. The molecule has 3 nitrogen and oxygen atoms in total. The lowest BCUT2D eigenvalue weighted by atomic mass is 9.91. The molecular weight excluding hydrogens is 240 g/mol. The Morgan fingerprint density at radius 1 is 1.17 bits per heavy atom. The van der Waals surface area contributed by atoms with E-state index in [0.29, 0.717) is 5.92 Å². The average Bonchev–Trinajstić information content (AvgIpc) is 2.39. The van der Waals surface area contributed by atoms with Gasteiger partial charge in [0.1, 0.15) is 0 Å². The van der Waals surface area contributed by atoms with Gasteiger partial charge in [-0.25, -0.2) is 0 Å². The molecule has 1 aliphatic rings. The zero-order valence-corrected chi connectivity index (χ0v) is 13.0. The van der Waals surface area contributed by atoms with E-state index in [1.54, 1.807) is 0 Å². The van der Waals surface area contributed by atoms with Crippen molar-refractivity contribution in [3.63, 3.8) is 0 Å². The minimum Gasteiger partial charge on any atom is -0.456 e. The molecule has 18 heavy (non-hydrogen) atoms. The Balaban J connectivity index is 2.51. The molecule has 0 amide bonds. The number of hydrogen-bond donors (Lipinski definition) is 0. The quantitative estimate of drug-likeness (QED) is 0.434. The van der Waals surface area contributed by atoms with Crippen LogP contribution in [-0.4, -0.2) is 14.5 Å². The molecule has 1 aliphatic carbocycles. The van der Waals surface area contributed by atoms with Crippen molar-refractivity contribution in [1.29, 1.82) is 5.26 Å². The number of nitriles is 1. The summed E-state index contributed by atoms with van der Waals surface area (Å²) in [4.78, 5) is 0. The van der Waals surface area contributed by atoms with Gasteiger partial charge in [-0.15, -0.1) is 5.16 Å². The van der Waals surface area contributed by atoms with Crippen LogP contribution in [-0.2, 0) is 4.53 Å². The molecule has 4 heteroatoms. The Bertz CT molecular complexity index is 304. The smallest absolute Gasteiger partial charge is 0.278 e. The van der Waals surface area contributed by atoms with Crippen LogP contribution in [0.15, 0.2) is 5.16 Å². The number of oxime groups is 1. The third-order valence-electron chi connectivity index (χ3n) is 3.25. The molecule has 0 N–H and O–H groups in total. The van der Waals surface area contributed by atoms with Crippen molar-refractivity contribution in [3.05, 3.63) is 0 Å². The van der Waals surface area contributed by atoms with Crippen molar-refractivity contribution in [1.82, 2.24) is 0 Å². The highest BCUT2D eigenvalue weighted by atomic mass is 28.4. The third-order valence-corrected chi connectivity index (χ3v) is 3.90. The summed E-state index contributed by atoms with van der Waals surface area (Å²) >= 11 is 0. The molecule has 0 aromatic carbocycles. The van der Waals surface area contributed by atoms with E-state index < -0.39 is 8.32 Å². The largest absolute Gasteiger partial charge is 0.456 e. The fourth-order valence-corrected chi connectivity index (χ4v) is 2.66. The van der Waals surface area contributed by atoms with Gasteiger partial charge in [0.2, 0.25) is 0 Å². The van der Waals surface area contributed by atoms with Crippen LogP contribution in [0, 0.1) is 23.2 Å². The zero-order valence-electron chi connectivity index (χ0n) is 12.0. The van der Waals surface area contributed by atoms with Crippen LogP contribution >= 0.6 is 0 Å². The van der Waals surface area contributed by atoms with Crippen LogP contribution in [0.4, 0.5) is 0 Å². The van der Waals surface area contributed by atoms with Crippen molar-refractivity contribution in [2.45, 2.75) is 64.6 Å². The van der Waals surface area contributed by atoms with E-state index in [-0.39, 0.29) is 5.92 Å². The van der Waals surface area contributed by atoms with Crippen LogP contribution in [0.3, 0.4) is 0 Å². The summed E-state index contributed by atoms with van der Waals surface area (Å²) in [5.74, 6) is 0.621. The van der Waals surface area contributed by atoms with Gasteiger partial charge in [-0.3, -0.25) is 0 Å². The first-order chi connectivity index (χ1) is 8.51. The molecule has 0 aromatic heterocycles. The van der Waals surface area contributed by atoms with Gasteiger partial charge in [0.05, 0.1) is 6.07 Å². The van der Waals surface area contributed by atoms with E-state index in [4.69, 9.17) is 9.79 Å². The number of rotatable bonds is 3. The predicted octanol–water partition coefficient (Wildman–Crippen LogP) is 4.32. The second-order valence-corrected chi connectivity index (χ2v) is 10.7. The van der Waals surface area contributed by atoms with Crippen LogP contribution in [0.1, 0.15) is 44.9 Å². The highest BCUT2D eigenvalue weighted by Gasteiger charge is 2.18. The Morgan fingerprint density at radius 2 is 1.83 bits per heavy atom. The molecule has 1 fully saturated rings. The van der Waals surface area contributed by atoms with Crippen LogP contribution < -0.4 is 0 Å². The molecule has 0 bridgehead atoms. The fraction of sp³-hybridized carbons (Fsp3) is 0.857. The lowest BCUT2D eigenvalue weighted by Crippen LogP contribution is -2.22. The molecular formula is C14H26N2OSi. The third kappa shape index (κ3) is 6.80. The van der Waals surface area contributed by atoms with Crippen LogP contribution in [0.5, 0.6) is 0 Å². The van der Waals surface area contributed by atoms with Crippen molar-refractivity contribution < 1.29 is 4.53 Å². The van der Waals surface area contributed by atoms with E-state index in [1.165, 1.54) is 25.7 Å². The maximum absolute atomic E-state index is 9.15. The molecule has 1 saturated carbocycles. The molecule has 2 atom stereocenters. The Labute approximate surface area is 112 Å². The lowest BCUT2D eigenvalue weighted by molar-refractivity contribution is 0.331. The number of hydrogen-bond acceptors (Lipinski definition) is 3. The van der Waals surface area contributed by atoms with E-state index in [2.05, 4.69) is 30.9 Å². The van der Waals surface area contributed by atoms with Gasteiger partial charge in [0, 0.05) is 12.1 Å². The van der Waals surface area contributed by atoms with Crippen LogP contribution in [0.25, 0.3) is 0 Å². The van der Waals surface area contributed by atoms with Gasteiger partial charge in [-0.2, -0.15) is 5.26 Å². The summed E-state index contributed by atoms with van der Waals surface area (Å²) in [6.07, 6.45) is 10.1. The average molecular weight is 266 g/mol. The van der Waals surface area contributed by atoms with Gasteiger partial charge in [0.25, 0.3) is 8.32 Å². The molecule has 0 aromatic rings. The minimum absolute atomic E-state index is 0.200. The number of nitrogens with zero attached hydrogens (tertiary/aromatic N) is 2. The molecule has 102 valence electrons. The first kappa shape index (κ1) is 15.2. The van der Waals surface area contributed by atoms with Crippen LogP contribution in [0.2, 0.25) is 19.6 Å². The molecule has 0 radical (unpaired) electrons. The summed E-state index contributed by atoms with van der Waals surface area (Å²) in [5, 5.41) is 13.3. The summed E-state index contributed by atoms with van der Waals surface area (Å²) < 4.78 is 5.53. The maximum Gasteiger partial charge on any atom is 0.278 e. The zero-order chi connectivity index (χ0) is 13.4. The summed E-state index contributed by atoms with van der Waals surface area (Å²) in [5.41, 5.74) is 0. The Kier molecular flexibility index (Phi) is 6.41. The highest BCUT2D eigenvalue weighted by molar-refractivity contribution is 6.69. The van der Waals surface area contributed by atoms with Crippen molar-refractivity contribution >= 4 is 14.5 Å². The van der Waals surface area contributed by atoms with Gasteiger partial charge in [0.15, 0.2) is 0 Å². The van der Waals surface area contributed by atoms with Gasteiger partial charge in [-0.1, -0.05) is 25.7 Å². The lowest BCUT2D eigenvalue weighted by Gasteiger charge is -2.16. The monoisotopic (exact) mass is 266 g/mol. The molecule has 2 unspecified atom stereocenters. The van der Waals surface area contributed by atoms with Gasteiger partial charge < -0.3 is 4.53 Å². The topological polar surface area (TPSA) is 45.4 Å². The minimum atomic E-state index is -1.56. The maximum atomic E-state index is 9.15. The normalized spacial score (nSPS) is 27.0. The summed E-state index contributed by atoms with van der Waals surface area (Å²) in [6.45, 7) is 6.39. The van der Waals surface area contributed by atoms with E-state index in [0.717, 1.165) is 19.3 Å². The van der Waals surface area contributed by atoms with E-state index in [1.807, 2.05) is 6.21 Å². The molecule has 0 heterocycles. The first-order valence-electron chi connectivity index (χ1n) is 7.12. The Morgan fingerprint density at radius 3 is 2.44 bits per heavy atom. The van der Waals surface area contributed by atoms with E-state index >= 15 is 0 Å². The van der Waals surface area contributed by atoms with Crippen molar-refractivity contribution in [3.8, 4) is 6.07 Å². The van der Waals surface area contributed by atoms with Crippen molar-refractivity contribution in [2.24, 2.45) is 17.0 Å². The fourth-order valence-electron chi connectivity index (χ4n) is 2.28. The first-order valence-corrected chi connectivity index (χ1v) is 10.5. The van der Waals surface area contributed by atoms with E-state index in [9.17, 15) is 0 Å². The molecule has 0 saturated heterocycles. The molecule has 0 spiro atoms. The summed E-state index contributed by atoms with van der Waals surface area (Å²) in [6, 6.07) is 2.44.